The van der Waals surface area contributed by atoms with Crippen molar-refractivity contribution in [3.8, 4) is 0 Å². The third kappa shape index (κ3) is 2.54. The van der Waals surface area contributed by atoms with E-state index in [1.165, 1.54) is 6.20 Å². The second kappa shape index (κ2) is 4.69. The number of aromatic nitrogens is 2. The van der Waals surface area contributed by atoms with Gasteiger partial charge in [0.15, 0.2) is 0 Å². The third-order valence-electron chi connectivity index (χ3n) is 2.40. The number of anilines is 1. The van der Waals surface area contributed by atoms with E-state index in [-0.39, 0.29) is 5.82 Å². The van der Waals surface area contributed by atoms with Crippen LogP contribution < -0.4 is 5.73 Å². The van der Waals surface area contributed by atoms with Gasteiger partial charge in [0, 0.05) is 17.5 Å². The molecule has 1 unspecified atom stereocenters. The number of nitrogen functional groups attached to an aromatic ring is 1. The molecule has 5 heteroatoms. The highest BCUT2D eigenvalue weighted by Gasteiger charge is 2.16. The van der Waals surface area contributed by atoms with Crippen LogP contribution in [0.15, 0.2) is 30.5 Å². The SMILES string of the molecule is Cc1cccc(C(O)c2cc(Cl)cnc2N)n1. The summed E-state index contributed by atoms with van der Waals surface area (Å²) in [6, 6.07) is 7.02. The van der Waals surface area contributed by atoms with Crippen LogP contribution in [0, 0.1) is 6.92 Å². The molecule has 4 nitrogen and oxygen atoms in total. The number of halogens is 1. The van der Waals surface area contributed by atoms with Gasteiger partial charge in [-0.3, -0.25) is 4.98 Å². The average molecular weight is 250 g/mol. The fraction of sp³-hybridized carbons (Fsp3) is 0.167. The molecule has 2 aromatic rings. The van der Waals surface area contributed by atoms with Gasteiger partial charge in [-0.2, -0.15) is 0 Å². The Balaban J connectivity index is 2.43. The molecule has 0 saturated heterocycles. The predicted molar refractivity (Wildman–Crippen MR) is 66.7 cm³/mol. The summed E-state index contributed by atoms with van der Waals surface area (Å²) in [5, 5.41) is 10.6. The summed E-state index contributed by atoms with van der Waals surface area (Å²) in [7, 11) is 0. The van der Waals surface area contributed by atoms with Crippen molar-refractivity contribution in [2.45, 2.75) is 13.0 Å². The molecule has 0 aliphatic heterocycles. The molecule has 2 rings (SSSR count). The number of nitrogens with two attached hydrogens (primary N) is 1. The van der Waals surface area contributed by atoms with Crippen LogP contribution in [-0.4, -0.2) is 15.1 Å². The molecule has 88 valence electrons. The third-order valence-corrected chi connectivity index (χ3v) is 2.61. The first-order valence-corrected chi connectivity index (χ1v) is 5.48. The highest BCUT2D eigenvalue weighted by molar-refractivity contribution is 6.30. The zero-order valence-electron chi connectivity index (χ0n) is 9.26. The van der Waals surface area contributed by atoms with E-state index in [0.29, 0.717) is 16.3 Å². The minimum atomic E-state index is -0.916. The summed E-state index contributed by atoms with van der Waals surface area (Å²) in [5.41, 5.74) is 7.53. The van der Waals surface area contributed by atoms with E-state index in [9.17, 15) is 5.11 Å². The van der Waals surface area contributed by atoms with Gasteiger partial charge in [0.05, 0.1) is 10.7 Å². The van der Waals surface area contributed by atoms with Gasteiger partial charge >= 0.3 is 0 Å². The molecule has 3 N–H and O–H groups in total. The van der Waals surface area contributed by atoms with Crippen molar-refractivity contribution in [3.05, 3.63) is 52.4 Å². The Kier molecular flexibility index (Phi) is 3.26. The molecule has 17 heavy (non-hydrogen) atoms. The van der Waals surface area contributed by atoms with E-state index < -0.39 is 6.10 Å². The van der Waals surface area contributed by atoms with Crippen LogP contribution in [0.25, 0.3) is 0 Å². The van der Waals surface area contributed by atoms with E-state index in [2.05, 4.69) is 9.97 Å². The van der Waals surface area contributed by atoms with E-state index in [1.807, 2.05) is 19.1 Å². The Labute approximate surface area is 104 Å². The Hall–Kier alpha value is -1.65. The summed E-state index contributed by atoms with van der Waals surface area (Å²) in [6.45, 7) is 1.86. The molecular formula is C12H12ClN3O. The zero-order valence-corrected chi connectivity index (χ0v) is 10.0. The zero-order chi connectivity index (χ0) is 12.4. The molecule has 0 saturated carbocycles. The first-order chi connectivity index (χ1) is 8.08. The first kappa shape index (κ1) is 11.8. The van der Waals surface area contributed by atoms with Crippen molar-refractivity contribution in [2.75, 3.05) is 5.73 Å². The highest BCUT2D eigenvalue weighted by atomic mass is 35.5. The second-order valence-corrected chi connectivity index (χ2v) is 4.17. The summed E-state index contributed by atoms with van der Waals surface area (Å²) in [6.07, 6.45) is 0.526. The fourth-order valence-electron chi connectivity index (χ4n) is 1.56. The lowest BCUT2D eigenvalue weighted by atomic mass is 10.1. The quantitative estimate of drug-likeness (QED) is 0.855. The largest absolute Gasteiger partial charge is 0.383 e. The Morgan fingerprint density at radius 2 is 2.18 bits per heavy atom. The van der Waals surface area contributed by atoms with Crippen LogP contribution in [0.5, 0.6) is 0 Å². The van der Waals surface area contributed by atoms with E-state index in [1.54, 1.807) is 12.1 Å². The van der Waals surface area contributed by atoms with Crippen molar-refractivity contribution in [1.82, 2.24) is 9.97 Å². The first-order valence-electron chi connectivity index (χ1n) is 5.10. The molecule has 2 heterocycles. The van der Waals surface area contributed by atoms with Crippen molar-refractivity contribution >= 4 is 17.4 Å². The standard InChI is InChI=1S/C12H12ClN3O/c1-7-3-2-4-10(16-7)11(17)9-5-8(13)6-15-12(9)14/h2-6,11,17H,1H3,(H2,14,15). The Bertz CT molecular complexity index is 545. The van der Waals surface area contributed by atoms with Gasteiger partial charge in [0.25, 0.3) is 0 Å². The second-order valence-electron chi connectivity index (χ2n) is 3.73. The van der Waals surface area contributed by atoms with Gasteiger partial charge in [-0.15, -0.1) is 0 Å². The number of nitrogens with zero attached hydrogens (tertiary/aromatic N) is 2. The molecule has 0 spiro atoms. The van der Waals surface area contributed by atoms with Gasteiger partial charge in [-0.05, 0) is 25.1 Å². The summed E-state index contributed by atoms with van der Waals surface area (Å²) < 4.78 is 0. The molecule has 1 atom stereocenters. The maximum absolute atomic E-state index is 10.2. The van der Waals surface area contributed by atoms with Gasteiger partial charge in [-0.25, -0.2) is 4.98 Å². The number of aliphatic hydroxyl groups excluding tert-OH is 1. The summed E-state index contributed by atoms with van der Waals surface area (Å²) >= 11 is 5.83. The number of aryl methyl sites for hydroxylation is 1. The molecule has 0 aromatic carbocycles. The maximum atomic E-state index is 10.2. The molecule has 0 fully saturated rings. The predicted octanol–water partition coefficient (Wildman–Crippen LogP) is 2.10. The van der Waals surface area contributed by atoms with Crippen LogP contribution >= 0.6 is 11.6 Å². The van der Waals surface area contributed by atoms with E-state index in [4.69, 9.17) is 17.3 Å². The highest BCUT2D eigenvalue weighted by Crippen LogP contribution is 2.26. The van der Waals surface area contributed by atoms with Crippen molar-refractivity contribution in [3.63, 3.8) is 0 Å². The van der Waals surface area contributed by atoms with Crippen LogP contribution in [0.4, 0.5) is 5.82 Å². The molecule has 0 aliphatic rings. The minimum Gasteiger partial charge on any atom is -0.383 e. The van der Waals surface area contributed by atoms with E-state index >= 15 is 0 Å². The smallest absolute Gasteiger partial charge is 0.129 e. The van der Waals surface area contributed by atoms with Gasteiger partial charge in [-0.1, -0.05) is 17.7 Å². The molecule has 0 radical (unpaired) electrons. The van der Waals surface area contributed by atoms with Gasteiger partial charge < -0.3 is 10.8 Å². The van der Waals surface area contributed by atoms with E-state index in [0.717, 1.165) is 5.69 Å². The number of hydrogen-bond acceptors (Lipinski definition) is 4. The summed E-state index contributed by atoms with van der Waals surface area (Å²) in [4.78, 5) is 8.15. The minimum absolute atomic E-state index is 0.255. The van der Waals surface area contributed by atoms with Crippen LogP contribution in [0.1, 0.15) is 23.1 Å². The lowest BCUT2D eigenvalue weighted by Crippen LogP contribution is -2.07. The maximum Gasteiger partial charge on any atom is 0.129 e. The molecule has 0 bridgehead atoms. The number of hydrogen-bond donors (Lipinski definition) is 2. The lowest BCUT2D eigenvalue weighted by Gasteiger charge is -2.13. The molecule has 0 aliphatic carbocycles. The van der Waals surface area contributed by atoms with Gasteiger partial charge in [0.2, 0.25) is 0 Å². The van der Waals surface area contributed by atoms with Crippen molar-refractivity contribution in [2.24, 2.45) is 0 Å². The van der Waals surface area contributed by atoms with Gasteiger partial charge in [0.1, 0.15) is 11.9 Å². The molecule has 2 aromatic heterocycles. The fourth-order valence-corrected chi connectivity index (χ4v) is 1.73. The molecular weight excluding hydrogens is 238 g/mol. The van der Waals surface area contributed by atoms with Crippen LogP contribution in [-0.2, 0) is 0 Å². The van der Waals surface area contributed by atoms with Crippen LogP contribution in [0.3, 0.4) is 0 Å². The Morgan fingerprint density at radius 3 is 2.88 bits per heavy atom. The van der Waals surface area contributed by atoms with Crippen molar-refractivity contribution in [1.29, 1.82) is 0 Å². The topological polar surface area (TPSA) is 72.0 Å². The molecule has 0 amide bonds. The number of aliphatic hydroxyl groups is 1. The lowest BCUT2D eigenvalue weighted by molar-refractivity contribution is 0.215. The average Bonchev–Trinajstić information content (AvgIpc) is 2.31. The number of pyridine rings is 2. The normalized spacial score (nSPS) is 12.4. The summed E-state index contributed by atoms with van der Waals surface area (Å²) in [5.74, 6) is 0.255. The monoisotopic (exact) mass is 249 g/mol. The Morgan fingerprint density at radius 1 is 1.41 bits per heavy atom. The van der Waals surface area contributed by atoms with Crippen LogP contribution in [0.2, 0.25) is 5.02 Å². The van der Waals surface area contributed by atoms with Crippen molar-refractivity contribution < 1.29 is 5.11 Å². The number of rotatable bonds is 2.